The normalized spacial score (nSPS) is 17.6. The van der Waals surface area contributed by atoms with E-state index in [0.29, 0.717) is 18.1 Å². The minimum absolute atomic E-state index is 0.0594. The molecule has 0 fully saturated rings. The summed E-state index contributed by atoms with van der Waals surface area (Å²) in [6, 6.07) is 9.29. The van der Waals surface area contributed by atoms with Gasteiger partial charge in [0.05, 0.1) is 12.3 Å². The highest BCUT2D eigenvalue weighted by Gasteiger charge is 2.24. The molecule has 2 heterocycles. The lowest BCUT2D eigenvalue weighted by Gasteiger charge is -2.25. The minimum atomic E-state index is -0.158. The number of aromatic nitrogens is 2. The molecule has 5 nitrogen and oxygen atoms in total. The molecule has 0 radical (unpaired) electrons. The van der Waals surface area contributed by atoms with Gasteiger partial charge in [-0.1, -0.05) is 18.2 Å². The first-order valence-electron chi connectivity index (χ1n) is 6.30. The lowest BCUT2D eigenvalue weighted by atomic mass is 9.92. The summed E-state index contributed by atoms with van der Waals surface area (Å²) in [5.41, 5.74) is 7.09. The average molecular weight is 257 g/mol. The molecule has 98 valence electrons. The molecule has 0 saturated carbocycles. The Morgan fingerprint density at radius 2 is 2.26 bits per heavy atom. The number of fused-ring (bicyclic) bond motifs is 1. The van der Waals surface area contributed by atoms with E-state index >= 15 is 0 Å². The Morgan fingerprint density at radius 1 is 1.42 bits per heavy atom. The molecule has 1 aromatic heterocycles. The van der Waals surface area contributed by atoms with E-state index in [0.717, 1.165) is 17.7 Å². The number of nitrogens with two attached hydrogens (primary N) is 1. The van der Waals surface area contributed by atoms with Crippen molar-refractivity contribution >= 4 is 0 Å². The van der Waals surface area contributed by atoms with Crippen LogP contribution in [0.5, 0.6) is 5.75 Å². The molecule has 3 rings (SSSR count). The van der Waals surface area contributed by atoms with Crippen LogP contribution in [-0.2, 0) is 6.54 Å². The number of nitrogens with zero attached hydrogens (tertiary/aromatic N) is 1. The van der Waals surface area contributed by atoms with Gasteiger partial charge in [0.25, 0.3) is 5.56 Å². The number of rotatable bonds is 2. The number of hydrogen-bond donors (Lipinski definition) is 2. The van der Waals surface area contributed by atoms with E-state index in [9.17, 15) is 4.79 Å². The molecule has 1 aliphatic heterocycles. The predicted octanol–water partition coefficient (Wildman–Crippen LogP) is 1.14. The van der Waals surface area contributed by atoms with Crippen LogP contribution in [0.25, 0.3) is 0 Å². The van der Waals surface area contributed by atoms with Gasteiger partial charge in [-0.25, -0.2) is 4.98 Å². The molecule has 5 heteroatoms. The zero-order chi connectivity index (χ0) is 13.2. The Hall–Kier alpha value is -2.14. The van der Waals surface area contributed by atoms with Crippen molar-refractivity contribution in [3.63, 3.8) is 0 Å². The number of benzene rings is 1. The summed E-state index contributed by atoms with van der Waals surface area (Å²) in [5.74, 6) is 1.59. The maximum Gasteiger partial charge on any atom is 0.251 e. The number of aromatic amines is 1. The lowest BCUT2D eigenvalue weighted by Crippen LogP contribution is -2.22. The Balaban J connectivity index is 2.08. The summed E-state index contributed by atoms with van der Waals surface area (Å²) in [6.45, 7) is 0.889. The third kappa shape index (κ3) is 2.24. The van der Waals surface area contributed by atoms with Crippen LogP contribution >= 0.6 is 0 Å². The summed E-state index contributed by atoms with van der Waals surface area (Å²) >= 11 is 0. The fourth-order valence-corrected chi connectivity index (χ4v) is 2.42. The molecule has 0 spiro atoms. The van der Waals surface area contributed by atoms with Gasteiger partial charge in [0.1, 0.15) is 11.6 Å². The summed E-state index contributed by atoms with van der Waals surface area (Å²) in [5, 5.41) is 0. The van der Waals surface area contributed by atoms with Crippen LogP contribution in [0.1, 0.15) is 29.4 Å². The van der Waals surface area contributed by atoms with Crippen molar-refractivity contribution in [2.24, 2.45) is 5.73 Å². The van der Waals surface area contributed by atoms with Crippen LogP contribution in [0.2, 0.25) is 0 Å². The molecule has 1 aliphatic rings. The number of hydrogen-bond acceptors (Lipinski definition) is 4. The molecule has 0 saturated heterocycles. The first-order valence-corrected chi connectivity index (χ1v) is 6.30. The van der Waals surface area contributed by atoms with Gasteiger partial charge < -0.3 is 15.5 Å². The average Bonchev–Trinajstić information content (AvgIpc) is 2.46. The van der Waals surface area contributed by atoms with Gasteiger partial charge in [-0.15, -0.1) is 0 Å². The standard InChI is InChI=1S/C14H15N3O2/c15-8-9-7-13(18)17-14(16-9)11-5-6-19-12-4-2-1-3-10(11)12/h1-4,7,11H,5-6,8,15H2,(H,16,17,18). The van der Waals surface area contributed by atoms with Crippen molar-refractivity contribution in [2.75, 3.05) is 6.61 Å². The van der Waals surface area contributed by atoms with Crippen molar-refractivity contribution in [2.45, 2.75) is 18.9 Å². The zero-order valence-electron chi connectivity index (χ0n) is 10.4. The Kier molecular flexibility index (Phi) is 3.05. The largest absolute Gasteiger partial charge is 0.493 e. The Bertz CT molecular complexity index is 651. The number of ether oxygens (including phenoxy) is 1. The fraction of sp³-hybridized carbons (Fsp3) is 0.286. The van der Waals surface area contributed by atoms with Crippen molar-refractivity contribution in [1.82, 2.24) is 9.97 Å². The highest BCUT2D eigenvalue weighted by atomic mass is 16.5. The molecular formula is C14H15N3O2. The highest BCUT2D eigenvalue weighted by Crippen LogP contribution is 2.36. The maximum absolute atomic E-state index is 11.6. The van der Waals surface area contributed by atoms with Gasteiger partial charge >= 0.3 is 0 Å². The smallest absolute Gasteiger partial charge is 0.251 e. The van der Waals surface area contributed by atoms with E-state index in [-0.39, 0.29) is 18.0 Å². The second-order valence-corrected chi connectivity index (χ2v) is 4.55. The van der Waals surface area contributed by atoms with Gasteiger partial charge in [0.2, 0.25) is 0 Å². The van der Waals surface area contributed by atoms with E-state index < -0.39 is 0 Å². The van der Waals surface area contributed by atoms with Crippen molar-refractivity contribution in [1.29, 1.82) is 0 Å². The van der Waals surface area contributed by atoms with Gasteiger partial charge in [-0.3, -0.25) is 4.79 Å². The van der Waals surface area contributed by atoms with E-state index in [4.69, 9.17) is 10.5 Å². The van der Waals surface area contributed by atoms with E-state index in [2.05, 4.69) is 9.97 Å². The monoisotopic (exact) mass is 257 g/mol. The highest BCUT2D eigenvalue weighted by molar-refractivity contribution is 5.40. The van der Waals surface area contributed by atoms with Crippen LogP contribution in [0.3, 0.4) is 0 Å². The van der Waals surface area contributed by atoms with E-state index in [1.54, 1.807) is 0 Å². The van der Waals surface area contributed by atoms with E-state index in [1.165, 1.54) is 6.07 Å². The minimum Gasteiger partial charge on any atom is -0.493 e. The van der Waals surface area contributed by atoms with Crippen LogP contribution in [0, 0.1) is 0 Å². The molecule has 1 aromatic carbocycles. The van der Waals surface area contributed by atoms with Gasteiger partial charge in [0, 0.05) is 24.1 Å². The van der Waals surface area contributed by atoms with Gasteiger partial charge in [-0.05, 0) is 12.5 Å². The van der Waals surface area contributed by atoms with Gasteiger partial charge in [-0.2, -0.15) is 0 Å². The molecule has 0 amide bonds. The molecule has 1 atom stereocenters. The molecule has 0 aliphatic carbocycles. The van der Waals surface area contributed by atoms with Crippen molar-refractivity contribution in [3.8, 4) is 5.75 Å². The van der Waals surface area contributed by atoms with Crippen LogP contribution in [-0.4, -0.2) is 16.6 Å². The molecular weight excluding hydrogens is 242 g/mol. The van der Waals surface area contributed by atoms with Crippen molar-refractivity contribution in [3.05, 3.63) is 57.8 Å². The third-order valence-corrected chi connectivity index (χ3v) is 3.31. The van der Waals surface area contributed by atoms with Crippen LogP contribution < -0.4 is 16.0 Å². The van der Waals surface area contributed by atoms with Crippen LogP contribution in [0.4, 0.5) is 0 Å². The summed E-state index contributed by atoms with van der Waals surface area (Å²) in [4.78, 5) is 18.9. The summed E-state index contributed by atoms with van der Waals surface area (Å²) < 4.78 is 5.62. The molecule has 19 heavy (non-hydrogen) atoms. The van der Waals surface area contributed by atoms with E-state index in [1.807, 2.05) is 24.3 Å². The number of para-hydroxylation sites is 1. The SMILES string of the molecule is NCc1cc(=O)[nH]c(C2CCOc3ccccc32)n1. The number of nitrogens with one attached hydrogen (secondary N) is 1. The lowest BCUT2D eigenvalue weighted by molar-refractivity contribution is 0.274. The van der Waals surface area contributed by atoms with Crippen LogP contribution in [0.15, 0.2) is 35.1 Å². The molecule has 2 aromatic rings. The molecule has 1 unspecified atom stereocenters. The topological polar surface area (TPSA) is 81.0 Å². The second kappa shape index (κ2) is 4.85. The Morgan fingerprint density at radius 3 is 3.11 bits per heavy atom. The predicted molar refractivity (Wildman–Crippen MR) is 71.1 cm³/mol. The van der Waals surface area contributed by atoms with Gasteiger partial charge in [0.15, 0.2) is 0 Å². The zero-order valence-corrected chi connectivity index (χ0v) is 10.4. The first kappa shape index (κ1) is 11.9. The summed E-state index contributed by atoms with van der Waals surface area (Å²) in [7, 11) is 0. The first-order chi connectivity index (χ1) is 9.28. The quantitative estimate of drug-likeness (QED) is 0.845. The van der Waals surface area contributed by atoms with Crippen molar-refractivity contribution < 1.29 is 4.74 Å². The second-order valence-electron chi connectivity index (χ2n) is 4.55. The maximum atomic E-state index is 11.6. The fourth-order valence-electron chi connectivity index (χ4n) is 2.42. The molecule has 0 bridgehead atoms. The molecule has 3 N–H and O–H groups in total. The number of H-pyrrole nitrogens is 1. The third-order valence-electron chi connectivity index (χ3n) is 3.31. The Labute approximate surface area is 110 Å². The summed E-state index contributed by atoms with van der Waals surface area (Å²) in [6.07, 6.45) is 0.800.